The lowest BCUT2D eigenvalue weighted by atomic mass is 9.87. The monoisotopic (exact) mass is 277 g/mol. The van der Waals surface area contributed by atoms with Crippen molar-refractivity contribution in [2.24, 2.45) is 0 Å². The molecule has 0 aliphatic heterocycles. The number of pyridine rings is 1. The van der Waals surface area contributed by atoms with Crippen LogP contribution in [0, 0.1) is 5.82 Å². The first-order valence-corrected chi connectivity index (χ1v) is 6.63. The van der Waals surface area contributed by atoms with Crippen LogP contribution in [0.1, 0.15) is 37.6 Å². The molecule has 0 spiro atoms. The van der Waals surface area contributed by atoms with Crippen LogP contribution >= 0.6 is 11.6 Å². The van der Waals surface area contributed by atoms with E-state index in [1.54, 1.807) is 12.3 Å². The molecule has 1 aromatic heterocycles. The number of aromatic nitrogens is 1. The van der Waals surface area contributed by atoms with Crippen LogP contribution in [0.3, 0.4) is 0 Å². The number of rotatable bonds is 2. The standard InChI is InChI=1S/C16H17ClFN/c1-16(2,3)12-4-5-19-15(9-12)8-11-6-13(17)10-14(18)7-11/h4-7,9-10H,8H2,1-3H3. The Morgan fingerprint density at radius 2 is 1.89 bits per heavy atom. The van der Waals surface area contributed by atoms with Gasteiger partial charge in [-0.25, -0.2) is 4.39 Å². The second kappa shape index (κ2) is 5.30. The Bertz CT molecular complexity index is 567. The van der Waals surface area contributed by atoms with E-state index in [2.05, 4.69) is 31.8 Å². The molecule has 19 heavy (non-hydrogen) atoms. The predicted molar refractivity (Wildman–Crippen MR) is 77.2 cm³/mol. The molecule has 3 heteroatoms. The van der Waals surface area contributed by atoms with Gasteiger partial charge in [-0.1, -0.05) is 32.4 Å². The molecule has 0 amide bonds. The van der Waals surface area contributed by atoms with Crippen molar-refractivity contribution in [2.45, 2.75) is 32.6 Å². The molecule has 100 valence electrons. The van der Waals surface area contributed by atoms with Crippen molar-refractivity contribution in [2.75, 3.05) is 0 Å². The van der Waals surface area contributed by atoms with Gasteiger partial charge in [0.1, 0.15) is 5.82 Å². The maximum absolute atomic E-state index is 13.3. The molecular formula is C16H17ClFN. The highest BCUT2D eigenvalue weighted by Gasteiger charge is 2.14. The van der Waals surface area contributed by atoms with Crippen LogP contribution in [0.4, 0.5) is 4.39 Å². The fraction of sp³-hybridized carbons (Fsp3) is 0.312. The van der Waals surface area contributed by atoms with Crippen molar-refractivity contribution in [3.05, 3.63) is 64.2 Å². The highest BCUT2D eigenvalue weighted by atomic mass is 35.5. The summed E-state index contributed by atoms with van der Waals surface area (Å²) in [5.74, 6) is -0.311. The molecule has 1 aromatic carbocycles. The minimum atomic E-state index is -0.311. The van der Waals surface area contributed by atoms with Crippen LogP contribution in [-0.4, -0.2) is 4.98 Å². The van der Waals surface area contributed by atoms with E-state index in [-0.39, 0.29) is 11.2 Å². The Kier molecular flexibility index (Phi) is 3.91. The van der Waals surface area contributed by atoms with E-state index in [9.17, 15) is 4.39 Å². The average molecular weight is 278 g/mol. The largest absolute Gasteiger partial charge is 0.261 e. The van der Waals surface area contributed by atoms with E-state index in [0.29, 0.717) is 11.4 Å². The highest BCUT2D eigenvalue weighted by Crippen LogP contribution is 2.23. The van der Waals surface area contributed by atoms with E-state index in [1.807, 2.05) is 6.07 Å². The van der Waals surface area contributed by atoms with Gasteiger partial charge in [-0.2, -0.15) is 0 Å². The van der Waals surface area contributed by atoms with Crippen molar-refractivity contribution in [3.63, 3.8) is 0 Å². The van der Waals surface area contributed by atoms with Gasteiger partial charge in [0, 0.05) is 23.3 Å². The first kappa shape index (κ1) is 14.0. The number of hydrogen-bond donors (Lipinski definition) is 0. The molecule has 2 aromatic rings. The Balaban J connectivity index is 2.28. The quantitative estimate of drug-likeness (QED) is 0.771. The topological polar surface area (TPSA) is 12.9 Å². The second-order valence-corrected chi connectivity index (χ2v) is 6.18. The highest BCUT2D eigenvalue weighted by molar-refractivity contribution is 6.30. The van der Waals surface area contributed by atoms with Gasteiger partial charge in [-0.05, 0) is 46.9 Å². The predicted octanol–water partition coefficient (Wildman–Crippen LogP) is 4.76. The molecule has 2 rings (SSSR count). The fourth-order valence-corrected chi connectivity index (χ4v) is 2.21. The maximum Gasteiger partial charge on any atom is 0.124 e. The maximum atomic E-state index is 13.3. The van der Waals surface area contributed by atoms with Gasteiger partial charge in [0.05, 0.1) is 0 Å². The Labute approximate surface area is 118 Å². The van der Waals surface area contributed by atoms with E-state index in [0.717, 1.165) is 11.3 Å². The summed E-state index contributed by atoms with van der Waals surface area (Å²) in [6.07, 6.45) is 2.39. The number of halogens is 2. The first-order chi connectivity index (χ1) is 8.84. The lowest BCUT2D eigenvalue weighted by Crippen LogP contribution is -2.11. The molecule has 0 saturated carbocycles. The van der Waals surface area contributed by atoms with Gasteiger partial charge in [0.25, 0.3) is 0 Å². The molecule has 1 heterocycles. The molecule has 0 radical (unpaired) electrons. The molecule has 0 bridgehead atoms. The Hall–Kier alpha value is -1.41. The third-order valence-corrected chi connectivity index (χ3v) is 3.21. The van der Waals surface area contributed by atoms with E-state index in [4.69, 9.17) is 11.6 Å². The summed E-state index contributed by atoms with van der Waals surface area (Å²) in [5, 5.41) is 0.418. The summed E-state index contributed by atoms with van der Waals surface area (Å²) >= 11 is 5.86. The van der Waals surface area contributed by atoms with Crippen molar-refractivity contribution < 1.29 is 4.39 Å². The lowest BCUT2D eigenvalue weighted by molar-refractivity contribution is 0.588. The van der Waals surface area contributed by atoms with Crippen LogP contribution < -0.4 is 0 Å². The second-order valence-electron chi connectivity index (χ2n) is 5.74. The number of nitrogens with zero attached hydrogens (tertiary/aromatic N) is 1. The smallest absolute Gasteiger partial charge is 0.124 e. The van der Waals surface area contributed by atoms with Gasteiger partial charge in [-0.3, -0.25) is 4.98 Å². The Morgan fingerprint density at radius 3 is 2.53 bits per heavy atom. The van der Waals surface area contributed by atoms with Crippen molar-refractivity contribution in [1.82, 2.24) is 4.98 Å². The number of hydrogen-bond acceptors (Lipinski definition) is 1. The third kappa shape index (κ3) is 3.77. The molecule has 0 saturated heterocycles. The molecule has 0 unspecified atom stereocenters. The van der Waals surface area contributed by atoms with Crippen molar-refractivity contribution in [1.29, 1.82) is 0 Å². The van der Waals surface area contributed by atoms with E-state index >= 15 is 0 Å². The average Bonchev–Trinajstić information content (AvgIpc) is 2.26. The summed E-state index contributed by atoms with van der Waals surface area (Å²) in [6, 6.07) is 8.67. The van der Waals surface area contributed by atoms with Gasteiger partial charge < -0.3 is 0 Å². The van der Waals surface area contributed by atoms with Crippen LogP contribution in [0.25, 0.3) is 0 Å². The SMILES string of the molecule is CC(C)(C)c1ccnc(Cc2cc(F)cc(Cl)c2)c1. The summed E-state index contributed by atoms with van der Waals surface area (Å²) in [6.45, 7) is 6.47. The van der Waals surface area contributed by atoms with Gasteiger partial charge in [0.2, 0.25) is 0 Å². The molecular weight excluding hydrogens is 261 g/mol. The summed E-state index contributed by atoms with van der Waals surface area (Å²) in [4.78, 5) is 4.34. The minimum absolute atomic E-state index is 0.0806. The first-order valence-electron chi connectivity index (χ1n) is 6.25. The molecule has 0 N–H and O–H groups in total. The molecule has 1 nitrogen and oxygen atoms in total. The number of benzene rings is 1. The van der Waals surface area contributed by atoms with Crippen molar-refractivity contribution in [3.8, 4) is 0 Å². The van der Waals surface area contributed by atoms with Gasteiger partial charge in [0.15, 0.2) is 0 Å². The zero-order chi connectivity index (χ0) is 14.0. The zero-order valence-electron chi connectivity index (χ0n) is 11.4. The summed E-state index contributed by atoms with van der Waals surface area (Å²) in [7, 11) is 0. The fourth-order valence-electron chi connectivity index (χ4n) is 1.96. The third-order valence-electron chi connectivity index (χ3n) is 2.99. The summed E-state index contributed by atoms with van der Waals surface area (Å²) in [5.41, 5.74) is 3.06. The van der Waals surface area contributed by atoms with Gasteiger partial charge in [-0.15, -0.1) is 0 Å². The minimum Gasteiger partial charge on any atom is -0.261 e. The normalized spacial score (nSPS) is 11.6. The molecule has 0 fully saturated rings. The lowest BCUT2D eigenvalue weighted by Gasteiger charge is -2.19. The molecule has 0 aliphatic carbocycles. The van der Waals surface area contributed by atoms with Crippen molar-refractivity contribution >= 4 is 11.6 Å². The van der Waals surface area contributed by atoms with Crippen LogP contribution in [0.15, 0.2) is 36.5 Å². The summed E-state index contributed by atoms with van der Waals surface area (Å²) < 4.78 is 13.3. The molecule has 0 atom stereocenters. The van der Waals surface area contributed by atoms with Crippen LogP contribution in [0.5, 0.6) is 0 Å². The van der Waals surface area contributed by atoms with E-state index < -0.39 is 0 Å². The van der Waals surface area contributed by atoms with Gasteiger partial charge >= 0.3 is 0 Å². The van der Waals surface area contributed by atoms with Crippen LogP contribution in [0.2, 0.25) is 5.02 Å². The Morgan fingerprint density at radius 1 is 1.16 bits per heavy atom. The van der Waals surface area contributed by atoms with E-state index in [1.165, 1.54) is 17.7 Å². The molecule has 0 aliphatic rings. The van der Waals surface area contributed by atoms with Crippen LogP contribution in [-0.2, 0) is 11.8 Å². The zero-order valence-corrected chi connectivity index (χ0v) is 12.1.